The summed E-state index contributed by atoms with van der Waals surface area (Å²) >= 11 is 3.53. The van der Waals surface area contributed by atoms with E-state index in [1.54, 1.807) is 24.4 Å². The highest BCUT2D eigenvalue weighted by molar-refractivity contribution is 9.10. The van der Waals surface area contributed by atoms with Crippen LogP contribution in [-0.4, -0.2) is 54.5 Å². The van der Waals surface area contributed by atoms with Gasteiger partial charge in [-0.15, -0.1) is 0 Å². The first-order valence-corrected chi connectivity index (χ1v) is 22.9. The number of anilines is 1. The number of hydrogen-bond donors (Lipinski definition) is 1. The van der Waals surface area contributed by atoms with Crippen molar-refractivity contribution in [2.45, 2.75) is 51.2 Å². The SMILES string of the molecule is CC(C)(C)[Si](OCC1=C2[C@@H](CC/C(=C/c3cc(Br)ccc3O)c3ccccn3)OC[C@@H]2[C@@H]2C(=O)N(c3cccc([N+](=O)[O-])c3)C(=O)[C@@H]2C1)(c1ccccc1)c1ccccc1. The number of phenols is 1. The predicted octanol–water partition coefficient (Wildman–Crippen LogP) is 8.88. The van der Waals surface area contributed by atoms with Gasteiger partial charge in [-0.2, -0.15) is 0 Å². The lowest BCUT2D eigenvalue weighted by atomic mass is 9.69. The van der Waals surface area contributed by atoms with Gasteiger partial charge < -0.3 is 14.3 Å². The van der Waals surface area contributed by atoms with E-state index >= 15 is 0 Å². The van der Waals surface area contributed by atoms with E-state index in [9.17, 15) is 24.8 Å². The molecule has 3 heterocycles. The summed E-state index contributed by atoms with van der Waals surface area (Å²) in [5.41, 5.74) is 4.25. The van der Waals surface area contributed by atoms with E-state index in [4.69, 9.17) is 9.16 Å². The molecular weight excluding hydrogens is 839 g/mol. The molecule has 0 spiro atoms. The second kappa shape index (κ2) is 16.8. The lowest BCUT2D eigenvalue weighted by Gasteiger charge is -2.44. The Balaban J connectivity index is 1.20. The Morgan fingerprint density at radius 1 is 0.933 bits per heavy atom. The second-order valence-corrected chi connectivity index (χ2v) is 21.9. The average Bonchev–Trinajstić information content (AvgIpc) is 3.78. The molecule has 0 unspecified atom stereocenters. The topological polar surface area (TPSA) is 132 Å². The quantitative estimate of drug-likeness (QED) is 0.0432. The number of carbonyl (C=O) groups is 2. The molecule has 8 rings (SSSR count). The first kappa shape index (κ1) is 41.2. The number of hydrogen-bond acceptors (Lipinski definition) is 8. The van der Waals surface area contributed by atoms with E-state index in [-0.39, 0.29) is 47.2 Å². The van der Waals surface area contributed by atoms with Crippen molar-refractivity contribution >= 4 is 69.5 Å². The molecule has 60 heavy (non-hydrogen) atoms. The van der Waals surface area contributed by atoms with Crippen LogP contribution >= 0.6 is 15.9 Å². The standard InChI is InChI=1S/C48H46BrN3O7Si/c1-48(2,3)60(37-15-6-4-7-16-37,38-17-8-5-9-18-38)59-29-33-27-39-45(47(55)51(46(39)54)35-13-12-14-36(28-35)52(56)57)40-30-58-43(44(33)40)23-20-31(41-19-10-11-24-50-41)25-32-26-34(49)21-22-42(32)53/h4-19,21-22,24-26,28,39-40,43,45,53H,20,23,27,29-30H2,1-3H3/b31-25-/t39-,40+,43-,45-/m1/s1. The maximum atomic E-state index is 14.5. The smallest absolute Gasteiger partial charge is 0.271 e. The summed E-state index contributed by atoms with van der Waals surface area (Å²) in [6, 6.07) is 37.5. The fourth-order valence-corrected chi connectivity index (χ4v) is 14.4. The van der Waals surface area contributed by atoms with Crippen LogP contribution in [0.5, 0.6) is 5.75 Å². The van der Waals surface area contributed by atoms with Crippen LogP contribution in [0.25, 0.3) is 11.6 Å². The Labute approximate surface area is 359 Å². The highest BCUT2D eigenvalue weighted by Gasteiger charge is 2.58. The van der Waals surface area contributed by atoms with Crippen molar-refractivity contribution in [2.75, 3.05) is 18.1 Å². The molecule has 5 aromatic rings. The van der Waals surface area contributed by atoms with E-state index in [1.165, 1.54) is 18.2 Å². The summed E-state index contributed by atoms with van der Waals surface area (Å²) in [6.45, 7) is 7.14. The van der Waals surface area contributed by atoms with Crippen molar-refractivity contribution in [3.63, 3.8) is 0 Å². The number of imide groups is 1. The molecule has 2 amide bonds. The third kappa shape index (κ3) is 7.69. The van der Waals surface area contributed by atoms with Gasteiger partial charge in [0.15, 0.2) is 0 Å². The number of benzene rings is 4. The number of pyridine rings is 1. The van der Waals surface area contributed by atoms with Gasteiger partial charge in [0, 0.05) is 34.3 Å². The molecule has 1 aliphatic carbocycles. The van der Waals surface area contributed by atoms with Crippen molar-refractivity contribution in [1.82, 2.24) is 4.98 Å². The molecule has 1 aromatic heterocycles. The highest BCUT2D eigenvalue weighted by Crippen LogP contribution is 2.51. The van der Waals surface area contributed by atoms with E-state index in [1.807, 2.05) is 66.7 Å². The first-order valence-electron chi connectivity index (χ1n) is 20.2. The van der Waals surface area contributed by atoms with Crippen LogP contribution in [0.2, 0.25) is 5.04 Å². The number of non-ortho nitro benzene ring substituents is 1. The summed E-state index contributed by atoms with van der Waals surface area (Å²) in [5.74, 6) is -2.38. The van der Waals surface area contributed by atoms with Gasteiger partial charge in [0.05, 0.1) is 47.5 Å². The van der Waals surface area contributed by atoms with Gasteiger partial charge in [-0.1, -0.05) is 109 Å². The van der Waals surface area contributed by atoms with E-state index in [2.05, 4.69) is 66.0 Å². The minimum Gasteiger partial charge on any atom is -0.507 e. The fourth-order valence-electron chi connectivity index (χ4n) is 9.50. The van der Waals surface area contributed by atoms with Gasteiger partial charge in [0.2, 0.25) is 11.8 Å². The van der Waals surface area contributed by atoms with Gasteiger partial charge in [0.1, 0.15) is 5.75 Å². The monoisotopic (exact) mass is 883 g/mol. The number of nitro groups is 1. The summed E-state index contributed by atoms with van der Waals surface area (Å²) in [5, 5.41) is 24.5. The number of carbonyl (C=O) groups excluding carboxylic acids is 2. The minimum absolute atomic E-state index is 0.144. The Kier molecular flexibility index (Phi) is 11.6. The Hall–Kier alpha value is -5.53. The number of nitro benzene ring substituents is 1. The number of amides is 2. The molecular formula is C48H46BrN3O7Si. The maximum absolute atomic E-state index is 14.5. The molecule has 4 atom stereocenters. The Morgan fingerprint density at radius 2 is 1.63 bits per heavy atom. The zero-order chi connectivity index (χ0) is 42.2. The van der Waals surface area contributed by atoms with Crippen LogP contribution in [-0.2, 0) is 18.8 Å². The highest BCUT2D eigenvalue weighted by atomic mass is 79.9. The third-order valence-corrected chi connectivity index (χ3v) is 17.7. The third-order valence-electron chi connectivity index (χ3n) is 12.2. The fraction of sp³-hybridized carbons (Fsp3) is 0.271. The summed E-state index contributed by atoms with van der Waals surface area (Å²) in [4.78, 5) is 46.0. The van der Waals surface area contributed by atoms with Crippen molar-refractivity contribution < 1.29 is 28.8 Å². The van der Waals surface area contributed by atoms with Gasteiger partial charge >= 0.3 is 0 Å². The number of aromatic nitrogens is 1. The summed E-state index contributed by atoms with van der Waals surface area (Å²) < 4.78 is 15.0. The molecule has 1 N–H and O–H groups in total. The van der Waals surface area contributed by atoms with Crippen LogP contribution in [0.15, 0.2) is 143 Å². The molecule has 0 radical (unpaired) electrons. The van der Waals surface area contributed by atoms with Crippen molar-refractivity contribution in [3.8, 4) is 5.75 Å². The lowest BCUT2D eigenvalue weighted by Crippen LogP contribution is -2.66. The van der Waals surface area contributed by atoms with Gasteiger partial charge in [-0.25, -0.2) is 4.90 Å². The second-order valence-electron chi connectivity index (χ2n) is 16.7. The van der Waals surface area contributed by atoms with Crippen LogP contribution in [0.1, 0.15) is 51.3 Å². The molecule has 2 aliphatic heterocycles. The Morgan fingerprint density at radius 3 is 2.28 bits per heavy atom. The van der Waals surface area contributed by atoms with E-state index in [0.717, 1.165) is 42.2 Å². The number of ether oxygens (including phenoxy) is 1. The van der Waals surface area contributed by atoms with Crippen LogP contribution in [0.3, 0.4) is 0 Å². The number of halogens is 1. The molecule has 0 saturated carbocycles. The van der Waals surface area contributed by atoms with Crippen molar-refractivity contribution in [2.24, 2.45) is 17.8 Å². The van der Waals surface area contributed by atoms with Gasteiger partial charge in [-0.05, 0) is 93.9 Å². The first-order chi connectivity index (χ1) is 28.9. The average molecular weight is 885 g/mol. The minimum atomic E-state index is -3.03. The van der Waals surface area contributed by atoms with E-state index < -0.39 is 37.1 Å². The molecule has 12 heteroatoms. The van der Waals surface area contributed by atoms with Crippen LogP contribution < -0.4 is 15.3 Å². The van der Waals surface area contributed by atoms with Crippen LogP contribution in [0, 0.1) is 27.9 Å². The van der Waals surface area contributed by atoms with Crippen molar-refractivity contribution in [3.05, 3.63) is 165 Å². The predicted molar refractivity (Wildman–Crippen MR) is 238 cm³/mol. The normalized spacial score (nSPS) is 20.7. The van der Waals surface area contributed by atoms with Crippen molar-refractivity contribution in [1.29, 1.82) is 0 Å². The molecule has 306 valence electrons. The summed E-state index contributed by atoms with van der Waals surface area (Å²) in [7, 11) is -3.03. The van der Waals surface area contributed by atoms with Gasteiger partial charge in [0.25, 0.3) is 14.0 Å². The Bertz CT molecular complexity index is 2450. The lowest BCUT2D eigenvalue weighted by molar-refractivity contribution is -0.384. The molecule has 2 saturated heterocycles. The molecule has 10 nitrogen and oxygen atoms in total. The zero-order valence-corrected chi connectivity index (χ0v) is 36.2. The number of phenolic OH excluding ortho intramolecular Hbond substituents is 1. The molecule has 4 aromatic carbocycles. The van der Waals surface area contributed by atoms with Gasteiger partial charge in [-0.3, -0.25) is 24.7 Å². The van der Waals surface area contributed by atoms with E-state index in [0.29, 0.717) is 24.8 Å². The number of nitrogens with zero attached hydrogens (tertiary/aromatic N) is 3. The number of aromatic hydroxyl groups is 1. The maximum Gasteiger partial charge on any atom is 0.271 e. The molecule has 0 bridgehead atoms. The number of fused-ring (bicyclic) bond motifs is 3. The summed E-state index contributed by atoms with van der Waals surface area (Å²) in [6.07, 6.45) is 4.66. The van der Waals surface area contributed by atoms with Crippen LogP contribution in [0.4, 0.5) is 11.4 Å². The largest absolute Gasteiger partial charge is 0.507 e. The number of allylic oxidation sites excluding steroid dienone is 1. The number of rotatable bonds is 12. The molecule has 2 fully saturated rings. The zero-order valence-electron chi connectivity index (χ0n) is 33.7. The molecule has 3 aliphatic rings.